The molecule has 2 rings (SSSR count). The Kier molecular flexibility index (Phi) is 5.25. The number of carbonyl (C=O) groups excluding carboxylic acids is 1. The fourth-order valence-corrected chi connectivity index (χ4v) is 2.05. The van der Waals surface area contributed by atoms with E-state index in [-0.39, 0.29) is 11.8 Å². The Morgan fingerprint density at radius 1 is 1.11 bits per heavy atom. The van der Waals surface area contributed by atoms with Gasteiger partial charge in [0.05, 0.1) is 0 Å². The van der Waals surface area contributed by atoms with E-state index in [1.807, 2.05) is 24.3 Å². The van der Waals surface area contributed by atoms with Crippen LogP contribution in [0.1, 0.15) is 45.4 Å². The normalized spacial score (nSPS) is 14.2. The van der Waals surface area contributed by atoms with E-state index >= 15 is 0 Å². The lowest BCUT2D eigenvalue weighted by Crippen LogP contribution is -2.13. The van der Waals surface area contributed by atoms with Gasteiger partial charge in [0.15, 0.2) is 0 Å². The minimum atomic E-state index is 0.167. The second-order valence-electron chi connectivity index (χ2n) is 5.33. The van der Waals surface area contributed by atoms with E-state index in [0.29, 0.717) is 0 Å². The van der Waals surface area contributed by atoms with Crippen LogP contribution >= 0.6 is 0 Å². The van der Waals surface area contributed by atoms with Gasteiger partial charge < -0.3 is 10.6 Å². The van der Waals surface area contributed by atoms with E-state index in [4.69, 9.17) is 0 Å². The number of anilines is 2. The average molecular weight is 260 g/mol. The lowest BCUT2D eigenvalue weighted by molar-refractivity contribution is -0.117. The van der Waals surface area contributed by atoms with Gasteiger partial charge in [-0.3, -0.25) is 4.79 Å². The smallest absolute Gasteiger partial charge is 0.227 e. The van der Waals surface area contributed by atoms with Gasteiger partial charge in [-0.05, 0) is 43.5 Å². The second-order valence-corrected chi connectivity index (χ2v) is 5.33. The van der Waals surface area contributed by atoms with Gasteiger partial charge in [-0.25, -0.2) is 0 Å². The van der Waals surface area contributed by atoms with Crippen LogP contribution in [0, 0.1) is 5.92 Å². The summed E-state index contributed by atoms with van der Waals surface area (Å²) in [5, 5.41) is 6.35. The molecule has 1 aliphatic carbocycles. The highest BCUT2D eigenvalue weighted by Crippen LogP contribution is 2.30. The van der Waals surface area contributed by atoms with Crippen molar-refractivity contribution in [1.29, 1.82) is 0 Å². The third-order valence-corrected chi connectivity index (χ3v) is 3.46. The number of amides is 1. The maximum Gasteiger partial charge on any atom is 0.227 e. The molecular weight excluding hydrogens is 236 g/mol. The molecule has 1 aliphatic rings. The Hall–Kier alpha value is -1.51. The van der Waals surface area contributed by atoms with Crippen LogP contribution < -0.4 is 10.6 Å². The van der Waals surface area contributed by atoms with Crippen molar-refractivity contribution in [2.75, 3.05) is 17.2 Å². The number of benzene rings is 1. The van der Waals surface area contributed by atoms with Gasteiger partial charge in [-0.15, -0.1) is 0 Å². The third-order valence-electron chi connectivity index (χ3n) is 3.46. The van der Waals surface area contributed by atoms with Crippen LogP contribution in [0.15, 0.2) is 24.3 Å². The molecule has 0 radical (unpaired) electrons. The van der Waals surface area contributed by atoms with E-state index in [1.165, 1.54) is 25.7 Å². The molecule has 3 heteroatoms. The van der Waals surface area contributed by atoms with Crippen molar-refractivity contribution >= 4 is 17.3 Å². The molecule has 0 heterocycles. The summed E-state index contributed by atoms with van der Waals surface area (Å²) < 4.78 is 0. The summed E-state index contributed by atoms with van der Waals surface area (Å²) in [7, 11) is 0. The quantitative estimate of drug-likeness (QED) is 0.693. The fourth-order valence-electron chi connectivity index (χ4n) is 2.05. The minimum Gasteiger partial charge on any atom is -0.385 e. The van der Waals surface area contributed by atoms with Crippen LogP contribution in [0.25, 0.3) is 0 Å². The van der Waals surface area contributed by atoms with Crippen LogP contribution in [-0.4, -0.2) is 12.5 Å². The zero-order chi connectivity index (χ0) is 13.5. The SMILES string of the molecule is CCCCCCNc1ccc(NC(=O)C2CC2)cc1. The maximum atomic E-state index is 11.6. The first kappa shape index (κ1) is 13.9. The number of hydrogen-bond donors (Lipinski definition) is 2. The third kappa shape index (κ3) is 4.93. The first-order valence-corrected chi connectivity index (χ1v) is 7.44. The monoisotopic (exact) mass is 260 g/mol. The van der Waals surface area contributed by atoms with Crippen molar-refractivity contribution < 1.29 is 4.79 Å². The Labute approximate surface area is 115 Å². The molecule has 0 atom stereocenters. The highest BCUT2D eigenvalue weighted by Gasteiger charge is 2.29. The van der Waals surface area contributed by atoms with Crippen LogP contribution in [0.5, 0.6) is 0 Å². The van der Waals surface area contributed by atoms with E-state index in [9.17, 15) is 4.79 Å². The van der Waals surface area contributed by atoms with Gasteiger partial charge >= 0.3 is 0 Å². The van der Waals surface area contributed by atoms with Crippen molar-refractivity contribution in [2.45, 2.75) is 45.4 Å². The van der Waals surface area contributed by atoms with Gasteiger partial charge in [-0.1, -0.05) is 26.2 Å². The largest absolute Gasteiger partial charge is 0.385 e. The summed E-state index contributed by atoms with van der Waals surface area (Å²) >= 11 is 0. The van der Waals surface area contributed by atoms with Crippen molar-refractivity contribution in [1.82, 2.24) is 0 Å². The van der Waals surface area contributed by atoms with E-state index in [1.54, 1.807) is 0 Å². The van der Waals surface area contributed by atoms with E-state index in [0.717, 1.165) is 30.8 Å². The molecule has 0 aromatic heterocycles. The molecule has 0 unspecified atom stereocenters. The fraction of sp³-hybridized carbons (Fsp3) is 0.562. The number of unbranched alkanes of at least 4 members (excludes halogenated alkanes) is 3. The Balaban J connectivity index is 1.70. The van der Waals surface area contributed by atoms with Crippen molar-refractivity contribution in [3.63, 3.8) is 0 Å². The molecule has 19 heavy (non-hydrogen) atoms. The molecule has 1 aromatic rings. The molecule has 0 saturated heterocycles. The average Bonchev–Trinajstić information content (AvgIpc) is 3.25. The summed E-state index contributed by atoms with van der Waals surface area (Å²) in [6.45, 7) is 3.25. The standard InChI is InChI=1S/C16H24N2O/c1-2-3-4-5-12-17-14-8-10-15(11-9-14)18-16(19)13-6-7-13/h8-11,13,17H,2-7,12H2,1H3,(H,18,19). The molecular formula is C16H24N2O. The molecule has 3 nitrogen and oxygen atoms in total. The summed E-state index contributed by atoms with van der Waals surface area (Å²) in [5.41, 5.74) is 2.02. The summed E-state index contributed by atoms with van der Waals surface area (Å²) in [6, 6.07) is 7.99. The van der Waals surface area contributed by atoms with Crippen LogP contribution in [-0.2, 0) is 4.79 Å². The summed E-state index contributed by atoms with van der Waals surface area (Å²) in [4.78, 5) is 11.6. The first-order valence-electron chi connectivity index (χ1n) is 7.44. The highest BCUT2D eigenvalue weighted by atomic mass is 16.2. The van der Waals surface area contributed by atoms with E-state index in [2.05, 4.69) is 17.6 Å². The van der Waals surface area contributed by atoms with Crippen LogP contribution in [0.4, 0.5) is 11.4 Å². The van der Waals surface area contributed by atoms with Gasteiger partial charge in [-0.2, -0.15) is 0 Å². The Bertz CT molecular complexity index is 396. The predicted molar refractivity (Wildman–Crippen MR) is 80.4 cm³/mol. The molecule has 0 aliphatic heterocycles. The molecule has 1 saturated carbocycles. The van der Waals surface area contributed by atoms with Crippen molar-refractivity contribution in [3.8, 4) is 0 Å². The first-order chi connectivity index (χ1) is 9.29. The number of rotatable bonds is 8. The van der Waals surface area contributed by atoms with Crippen molar-refractivity contribution in [3.05, 3.63) is 24.3 Å². The Morgan fingerprint density at radius 2 is 1.79 bits per heavy atom. The molecule has 0 spiro atoms. The van der Waals surface area contributed by atoms with Crippen molar-refractivity contribution in [2.24, 2.45) is 5.92 Å². The summed E-state index contributed by atoms with van der Waals surface area (Å²) in [5.74, 6) is 0.427. The maximum absolute atomic E-state index is 11.6. The summed E-state index contributed by atoms with van der Waals surface area (Å²) in [6.07, 6.45) is 7.18. The number of hydrogen-bond acceptors (Lipinski definition) is 2. The molecule has 1 amide bonds. The van der Waals surface area contributed by atoms with Crippen LogP contribution in [0.2, 0.25) is 0 Å². The lowest BCUT2D eigenvalue weighted by Gasteiger charge is -2.08. The zero-order valence-electron chi connectivity index (χ0n) is 11.7. The minimum absolute atomic E-state index is 0.167. The lowest BCUT2D eigenvalue weighted by atomic mass is 10.2. The zero-order valence-corrected chi connectivity index (χ0v) is 11.7. The molecule has 1 fully saturated rings. The van der Waals surface area contributed by atoms with Gasteiger partial charge in [0.25, 0.3) is 0 Å². The van der Waals surface area contributed by atoms with Gasteiger partial charge in [0.2, 0.25) is 5.91 Å². The van der Waals surface area contributed by atoms with Gasteiger partial charge in [0.1, 0.15) is 0 Å². The number of nitrogens with one attached hydrogen (secondary N) is 2. The van der Waals surface area contributed by atoms with Crippen LogP contribution in [0.3, 0.4) is 0 Å². The molecule has 104 valence electrons. The molecule has 0 bridgehead atoms. The predicted octanol–water partition coefficient (Wildman–Crippen LogP) is 4.03. The van der Waals surface area contributed by atoms with Gasteiger partial charge in [0, 0.05) is 23.8 Å². The molecule has 1 aromatic carbocycles. The highest BCUT2D eigenvalue weighted by molar-refractivity contribution is 5.94. The van der Waals surface area contributed by atoms with E-state index < -0.39 is 0 Å². The topological polar surface area (TPSA) is 41.1 Å². The second kappa shape index (κ2) is 7.17. The Morgan fingerprint density at radius 3 is 2.42 bits per heavy atom. The molecule has 2 N–H and O–H groups in total. The number of carbonyl (C=O) groups is 1.